The molecule has 1 heterocycles. The highest BCUT2D eigenvalue weighted by Crippen LogP contribution is 2.30. The van der Waals surface area contributed by atoms with Crippen LogP contribution in [0.4, 0.5) is 0 Å². The lowest BCUT2D eigenvalue weighted by Gasteiger charge is -2.47. The molecule has 1 aromatic rings. The van der Waals surface area contributed by atoms with E-state index in [1.807, 2.05) is 50.8 Å². The van der Waals surface area contributed by atoms with Crippen molar-refractivity contribution in [1.82, 2.24) is 4.90 Å². The average molecular weight is 405 g/mol. The number of ether oxygens (including phenoxy) is 1. The first-order valence-electron chi connectivity index (χ1n) is 6.54. The van der Waals surface area contributed by atoms with E-state index < -0.39 is 0 Å². The van der Waals surface area contributed by atoms with Gasteiger partial charge in [0.05, 0.1) is 16.8 Å². The summed E-state index contributed by atoms with van der Waals surface area (Å²) in [6, 6.07) is 5.62. The largest absolute Gasteiger partial charge is 0.366 e. The summed E-state index contributed by atoms with van der Waals surface area (Å²) in [6.07, 6.45) is 0. The number of rotatable bonds is 1. The van der Waals surface area contributed by atoms with Crippen molar-refractivity contribution in [2.45, 2.75) is 38.9 Å². The molecule has 0 saturated carbocycles. The average Bonchev–Trinajstić information content (AvgIpc) is 2.23. The number of amides is 1. The highest BCUT2D eigenvalue weighted by atomic mass is 79.9. The molecule has 1 aliphatic rings. The predicted molar refractivity (Wildman–Crippen MR) is 87.0 cm³/mol. The zero-order valence-electron chi connectivity index (χ0n) is 12.2. The van der Waals surface area contributed by atoms with E-state index >= 15 is 0 Å². The van der Waals surface area contributed by atoms with Gasteiger partial charge in [-0.15, -0.1) is 0 Å². The number of hydrogen-bond donors (Lipinski definition) is 0. The fourth-order valence-corrected chi connectivity index (χ4v) is 3.98. The van der Waals surface area contributed by atoms with E-state index in [0.29, 0.717) is 18.7 Å². The van der Waals surface area contributed by atoms with Gasteiger partial charge in [0.2, 0.25) is 0 Å². The maximum atomic E-state index is 12.7. The minimum absolute atomic E-state index is 0.0359. The van der Waals surface area contributed by atoms with Crippen LogP contribution < -0.4 is 0 Å². The molecular formula is C15H19Br2NO2. The standard InChI is InChI=1S/C15H19Br2NO2/c1-14(2)8-18(9-15(3,4)20-14)13(19)11-6-5-10(16)7-12(11)17/h5-7H,8-9H2,1-4H3. The summed E-state index contributed by atoms with van der Waals surface area (Å²) in [4.78, 5) is 14.6. The van der Waals surface area contributed by atoms with Crippen LogP contribution in [0.15, 0.2) is 27.1 Å². The monoisotopic (exact) mass is 403 g/mol. The summed E-state index contributed by atoms with van der Waals surface area (Å²) in [5, 5.41) is 0. The fourth-order valence-electron chi connectivity index (χ4n) is 2.76. The molecule has 0 N–H and O–H groups in total. The van der Waals surface area contributed by atoms with Crippen LogP contribution in [-0.4, -0.2) is 35.1 Å². The van der Waals surface area contributed by atoms with E-state index in [1.165, 1.54) is 0 Å². The Morgan fingerprint density at radius 2 is 1.70 bits per heavy atom. The normalized spacial score (nSPS) is 20.8. The van der Waals surface area contributed by atoms with E-state index in [2.05, 4.69) is 31.9 Å². The quantitative estimate of drug-likeness (QED) is 0.700. The van der Waals surface area contributed by atoms with Crippen LogP contribution in [0, 0.1) is 0 Å². The first-order valence-corrected chi connectivity index (χ1v) is 8.13. The molecule has 2 rings (SSSR count). The van der Waals surface area contributed by atoms with Gasteiger partial charge in [-0.2, -0.15) is 0 Å². The minimum atomic E-state index is -0.334. The molecule has 1 aliphatic heterocycles. The molecular weight excluding hydrogens is 386 g/mol. The van der Waals surface area contributed by atoms with Crippen molar-refractivity contribution in [2.75, 3.05) is 13.1 Å². The summed E-state index contributed by atoms with van der Waals surface area (Å²) in [7, 11) is 0. The van der Waals surface area contributed by atoms with Crippen LogP contribution in [0.3, 0.4) is 0 Å². The Balaban J connectivity index is 2.28. The fraction of sp³-hybridized carbons (Fsp3) is 0.533. The van der Waals surface area contributed by atoms with E-state index in [0.717, 1.165) is 8.95 Å². The van der Waals surface area contributed by atoms with Gasteiger partial charge in [-0.3, -0.25) is 4.79 Å². The molecule has 0 aliphatic carbocycles. The van der Waals surface area contributed by atoms with Gasteiger partial charge in [0.15, 0.2) is 0 Å². The maximum Gasteiger partial charge on any atom is 0.255 e. The molecule has 110 valence electrons. The molecule has 0 atom stereocenters. The SMILES string of the molecule is CC1(C)CN(C(=O)c2ccc(Br)cc2Br)CC(C)(C)O1. The van der Waals surface area contributed by atoms with Gasteiger partial charge < -0.3 is 9.64 Å². The first-order chi connectivity index (χ1) is 9.10. The van der Waals surface area contributed by atoms with Gasteiger partial charge in [0.25, 0.3) is 5.91 Å². The Hall–Kier alpha value is -0.390. The Labute approximate surface area is 136 Å². The number of carbonyl (C=O) groups is 1. The third-order valence-corrected chi connectivity index (χ3v) is 4.29. The van der Waals surface area contributed by atoms with Crippen molar-refractivity contribution < 1.29 is 9.53 Å². The van der Waals surface area contributed by atoms with Crippen LogP contribution >= 0.6 is 31.9 Å². The Bertz CT molecular complexity index is 525. The van der Waals surface area contributed by atoms with Gasteiger partial charge in [-0.05, 0) is 61.8 Å². The van der Waals surface area contributed by atoms with Crippen LogP contribution in [0.2, 0.25) is 0 Å². The van der Waals surface area contributed by atoms with Crippen LogP contribution in [0.25, 0.3) is 0 Å². The predicted octanol–water partition coefficient (Wildman–Crippen LogP) is 4.24. The van der Waals surface area contributed by atoms with E-state index in [-0.39, 0.29) is 17.1 Å². The second-order valence-corrected chi connectivity index (χ2v) is 8.18. The summed E-state index contributed by atoms with van der Waals surface area (Å²) in [5.41, 5.74) is 0.0140. The second kappa shape index (κ2) is 5.43. The lowest BCUT2D eigenvalue weighted by molar-refractivity contribution is -0.171. The third kappa shape index (κ3) is 3.62. The Morgan fingerprint density at radius 1 is 1.15 bits per heavy atom. The van der Waals surface area contributed by atoms with E-state index in [4.69, 9.17) is 4.74 Å². The van der Waals surface area contributed by atoms with Crippen molar-refractivity contribution >= 4 is 37.8 Å². The molecule has 5 heteroatoms. The van der Waals surface area contributed by atoms with Gasteiger partial charge in [0, 0.05) is 22.0 Å². The van der Waals surface area contributed by atoms with Crippen molar-refractivity contribution in [3.63, 3.8) is 0 Å². The zero-order chi connectivity index (χ0) is 15.1. The van der Waals surface area contributed by atoms with Crippen LogP contribution in [0.5, 0.6) is 0 Å². The van der Waals surface area contributed by atoms with Crippen molar-refractivity contribution in [1.29, 1.82) is 0 Å². The van der Waals surface area contributed by atoms with Crippen molar-refractivity contribution in [2.24, 2.45) is 0 Å². The van der Waals surface area contributed by atoms with Gasteiger partial charge in [-0.1, -0.05) is 15.9 Å². The maximum absolute atomic E-state index is 12.7. The molecule has 1 amide bonds. The molecule has 0 radical (unpaired) electrons. The van der Waals surface area contributed by atoms with Gasteiger partial charge in [-0.25, -0.2) is 0 Å². The topological polar surface area (TPSA) is 29.5 Å². The summed E-state index contributed by atoms with van der Waals surface area (Å²) in [5.74, 6) is 0.0359. The number of carbonyl (C=O) groups excluding carboxylic acids is 1. The lowest BCUT2D eigenvalue weighted by Crippen LogP contribution is -2.58. The number of morpholine rings is 1. The molecule has 0 spiro atoms. The number of halogens is 2. The molecule has 0 unspecified atom stereocenters. The van der Waals surface area contributed by atoms with E-state index in [9.17, 15) is 4.79 Å². The molecule has 0 aromatic heterocycles. The molecule has 1 aromatic carbocycles. The molecule has 1 fully saturated rings. The molecule has 0 bridgehead atoms. The zero-order valence-corrected chi connectivity index (χ0v) is 15.3. The van der Waals surface area contributed by atoms with Gasteiger partial charge in [0.1, 0.15) is 0 Å². The number of benzene rings is 1. The molecule has 3 nitrogen and oxygen atoms in total. The summed E-state index contributed by atoms with van der Waals surface area (Å²) >= 11 is 6.87. The van der Waals surface area contributed by atoms with Crippen LogP contribution in [-0.2, 0) is 4.74 Å². The lowest BCUT2D eigenvalue weighted by atomic mass is 9.98. The second-order valence-electron chi connectivity index (χ2n) is 6.41. The number of nitrogens with zero attached hydrogens (tertiary/aromatic N) is 1. The smallest absolute Gasteiger partial charge is 0.255 e. The third-order valence-electron chi connectivity index (χ3n) is 3.14. The first kappa shape index (κ1) is 16.0. The van der Waals surface area contributed by atoms with Crippen molar-refractivity contribution in [3.8, 4) is 0 Å². The van der Waals surface area contributed by atoms with Crippen molar-refractivity contribution in [3.05, 3.63) is 32.7 Å². The Morgan fingerprint density at radius 3 is 2.20 bits per heavy atom. The highest BCUT2D eigenvalue weighted by Gasteiger charge is 2.40. The summed E-state index contributed by atoms with van der Waals surface area (Å²) < 4.78 is 7.77. The summed E-state index contributed by atoms with van der Waals surface area (Å²) in [6.45, 7) is 9.26. The van der Waals surface area contributed by atoms with Crippen LogP contribution in [0.1, 0.15) is 38.1 Å². The molecule has 20 heavy (non-hydrogen) atoms. The minimum Gasteiger partial charge on any atom is -0.366 e. The number of hydrogen-bond acceptors (Lipinski definition) is 2. The molecule has 1 saturated heterocycles. The van der Waals surface area contributed by atoms with Gasteiger partial charge >= 0.3 is 0 Å². The Kier molecular flexibility index (Phi) is 4.34. The van der Waals surface area contributed by atoms with E-state index in [1.54, 1.807) is 0 Å². The highest BCUT2D eigenvalue weighted by molar-refractivity contribution is 9.11.